The molecule has 0 N–H and O–H groups in total. The number of likely N-dealkylation sites (N-methyl/N-ethyl adjacent to an activating group) is 1. The average molecular weight is 293 g/mol. The second kappa shape index (κ2) is 6.26. The Morgan fingerprint density at radius 1 is 1.21 bits per heavy atom. The molecule has 0 aliphatic rings. The van der Waals surface area contributed by atoms with E-state index in [4.69, 9.17) is 13.3 Å². The summed E-state index contributed by atoms with van der Waals surface area (Å²) in [6, 6.07) is 0. The van der Waals surface area contributed by atoms with Gasteiger partial charge in [0.25, 0.3) is 0 Å². The number of nitrogens with zero attached hydrogens (tertiary/aromatic N) is 1. The number of amides is 1. The lowest BCUT2D eigenvalue weighted by molar-refractivity contribution is 0.0275. The van der Waals surface area contributed by atoms with Crippen molar-refractivity contribution in [3.8, 4) is 0 Å². The Morgan fingerprint density at radius 2 is 1.74 bits per heavy atom. The van der Waals surface area contributed by atoms with Crippen molar-refractivity contribution in [2.75, 3.05) is 20.1 Å². The molecule has 114 valence electrons. The van der Waals surface area contributed by atoms with E-state index in [1.807, 2.05) is 0 Å². The molecule has 0 heterocycles. The first-order chi connectivity index (χ1) is 9.47. The van der Waals surface area contributed by atoms with Gasteiger partial charge in [0.2, 0.25) is 0 Å². The van der Waals surface area contributed by atoms with Gasteiger partial charge in [0.1, 0.15) is 5.60 Å². The van der Waals surface area contributed by atoms with Gasteiger partial charge in [0, 0.05) is 17.6 Å². The first kappa shape index (κ1) is 13.4. The standard InChI is InChI=1S/C14H31NO3Si/c1-13(2,3)18-12(16)15(7)10-11-17-19(8,9)14(4,5)6/h10-11H2,1-9H3/i7D3. The first-order valence-electron chi connectivity index (χ1n) is 8.12. The van der Waals surface area contributed by atoms with Gasteiger partial charge >= 0.3 is 6.09 Å². The maximum absolute atomic E-state index is 12.1. The molecule has 0 radical (unpaired) electrons. The zero-order valence-electron chi connectivity index (χ0n) is 16.6. The fourth-order valence-electron chi connectivity index (χ4n) is 1.02. The summed E-state index contributed by atoms with van der Waals surface area (Å²) in [5, 5.41) is 0.0315. The molecule has 0 saturated heterocycles. The second-order valence-electron chi connectivity index (χ2n) is 7.24. The van der Waals surface area contributed by atoms with Gasteiger partial charge in [-0.3, -0.25) is 0 Å². The fraction of sp³-hybridized carbons (Fsp3) is 0.929. The molecular formula is C14H31NO3Si. The van der Waals surface area contributed by atoms with E-state index >= 15 is 0 Å². The molecule has 0 unspecified atom stereocenters. The van der Waals surface area contributed by atoms with Crippen LogP contribution in [-0.2, 0) is 9.16 Å². The maximum atomic E-state index is 12.1. The molecule has 0 bridgehead atoms. The summed E-state index contributed by atoms with van der Waals surface area (Å²) >= 11 is 0. The maximum Gasteiger partial charge on any atom is 0.410 e. The quantitative estimate of drug-likeness (QED) is 0.738. The third-order valence-corrected chi connectivity index (χ3v) is 7.74. The lowest BCUT2D eigenvalue weighted by Crippen LogP contribution is -2.43. The van der Waals surface area contributed by atoms with Gasteiger partial charge < -0.3 is 14.1 Å². The first-order valence-corrected chi connectivity index (χ1v) is 9.53. The Morgan fingerprint density at radius 3 is 2.11 bits per heavy atom. The van der Waals surface area contributed by atoms with Crippen LogP contribution in [0, 0.1) is 0 Å². The summed E-state index contributed by atoms with van der Waals surface area (Å²) in [6.07, 6.45) is -0.841. The minimum Gasteiger partial charge on any atom is -0.444 e. The van der Waals surface area contributed by atoms with E-state index in [1.54, 1.807) is 20.8 Å². The highest BCUT2D eigenvalue weighted by molar-refractivity contribution is 6.74. The summed E-state index contributed by atoms with van der Waals surface area (Å²) in [5.41, 5.74) is -0.735. The van der Waals surface area contributed by atoms with Crippen molar-refractivity contribution in [3.05, 3.63) is 0 Å². The predicted molar refractivity (Wildman–Crippen MR) is 82.0 cm³/mol. The van der Waals surface area contributed by atoms with Gasteiger partial charge in [0.05, 0.1) is 6.61 Å². The van der Waals surface area contributed by atoms with Crippen molar-refractivity contribution in [3.63, 3.8) is 0 Å². The number of carbonyl (C=O) groups is 1. The smallest absolute Gasteiger partial charge is 0.410 e. The van der Waals surface area contributed by atoms with Crippen LogP contribution in [0.5, 0.6) is 0 Å². The summed E-state index contributed by atoms with van der Waals surface area (Å²) in [6.45, 7) is 13.2. The molecule has 19 heavy (non-hydrogen) atoms. The molecule has 0 aliphatic carbocycles. The molecule has 4 nitrogen and oxygen atoms in total. The van der Waals surface area contributed by atoms with Crippen LogP contribution in [0.25, 0.3) is 0 Å². The van der Waals surface area contributed by atoms with E-state index in [0.717, 1.165) is 4.90 Å². The SMILES string of the molecule is [2H]C([2H])([2H])N(CCO[Si](C)(C)C(C)(C)C)C(=O)OC(C)(C)C. The third kappa shape index (κ3) is 6.97. The van der Waals surface area contributed by atoms with Crippen LogP contribution in [0.15, 0.2) is 0 Å². The number of hydrogen-bond acceptors (Lipinski definition) is 3. The lowest BCUT2D eigenvalue weighted by atomic mass is 10.2. The molecule has 0 aliphatic heterocycles. The molecule has 0 atom stereocenters. The highest BCUT2D eigenvalue weighted by Gasteiger charge is 2.37. The number of ether oxygens (including phenoxy) is 1. The van der Waals surface area contributed by atoms with E-state index in [1.165, 1.54) is 0 Å². The average Bonchev–Trinajstić information content (AvgIpc) is 2.17. The second-order valence-corrected chi connectivity index (χ2v) is 12.1. The van der Waals surface area contributed by atoms with Crippen LogP contribution in [0.1, 0.15) is 45.7 Å². The van der Waals surface area contributed by atoms with Crippen molar-refractivity contribution in [1.29, 1.82) is 0 Å². The van der Waals surface area contributed by atoms with Crippen LogP contribution < -0.4 is 0 Å². The zero-order chi connectivity index (χ0) is 18.0. The molecule has 0 spiro atoms. The largest absolute Gasteiger partial charge is 0.444 e. The Labute approximate surface area is 123 Å². The molecule has 5 heteroatoms. The topological polar surface area (TPSA) is 38.8 Å². The monoisotopic (exact) mass is 292 g/mol. The van der Waals surface area contributed by atoms with E-state index in [-0.39, 0.29) is 18.2 Å². The van der Waals surface area contributed by atoms with Crippen molar-refractivity contribution >= 4 is 14.4 Å². The summed E-state index contributed by atoms with van der Waals surface area (Å²) in [4.78, 5) is 12.8. The minimum atomic E-state index is -2.54. The van der Waals surface area contributed by atoms with E-state index < -0.39 is 27.0 Å². The number of hydrogen-bond donors (Lipinski definition) is 0. The lowest BCUT2D eigenvalue weighted by Gasteiger charge is -2.36. The summed E-state index contributed by atoms with van der Waals surface area (Å²) < 4.78 is 33.6. The molecule has 0 fully saturated rings. The minimum absolute atomic E-state index is 0.0159. The predicted octanol–water partition coefficient (Wildman–Crippen LogP) is 3.88. The van der Waals surface area contributed by atoms with Crippen LogP contribution in [-0.4, -0.2) is 45.0 Å². The highest BCUT2D eigenvalue weighted by atomic mass is 28.4. The normalized spacial score (nSPS) is 16.3. The Hall–Kier alpha value is -0.553. The zero-order valence-corrected chi connectivity index (χ0v) is 14.6. The van der Waals surface area contributed by atoms with Crippen molar-refractivity contribution in [2.24, 2.45) is 0 Å². The molecule has 1 amide bonds. The molecule has 0 aromatic heterocycles. The summed E-state index contributed by atoms with van der Waals surface area (Å²) in [7, 11) is -1.97. The van der Waals surface area contributed by atoms with E-state index in [0.29, 0.717) is 0 Å². The van der Waals surface area contributed by atoms with Crippen molar-refractivity contribution in [2.45, 2.75) is 65.3 Å². The van der Waals surface area contributed by atoms with Crippen LogP contribution in [0.3, 0.4) is 0 Å². The molecule has 0 aromatic carbocycles. The molecule has 0 rings (SSSR count). The third-order valence-electron chi connectivity index (χ3n) is 3.20. The number of rotatable bonds is 4. The Bertz CT molecular complexity index is 384. The van der Waals surface area contributed by atoms with Crippen molar-refractivity contribution < 1.29 is 18.1 Å². The van der Waals surface area contributed by atoms with Gasteiger partial charge in [0.15, 0.2) is 8.32 Å². The van der Waals surface area contributed by atoms with Gasteiger partial charge in [-0.2, -0.15) is 0 Å². The molecule has 0 aromatic rings. The highest BCUT2D eigenvalue weighted by Crippen LogP contribution is 2.36. The van der Waals surface area contributed by atoms with Crippen LogP contribution in [0.2, 0.25) is 18.1 Å². The Kier molecular flexibility index (Phi) is 4.43. The fourth-order valence-corrected chi connectivity index (χ4v) is 2.05. The van der Waals surface area contributed by atoms with Gasteiger partial charge in [-0.1, -0.05) is 20.8 Å². The Balaban J connectivity index is 4.82. The van der Waals surface area contributed by atoms with Gasteiger partial charge in [-0.15, -0.1) is 0 Å². The number of carbonyl (C=O) groups excluding carboxylic acids is 1. The molecule has 0 saturated carbocycles. The van der Waals surface area contributed by atoms with Gasteiger partial charge in [-0.25, -0.2) is 4.79 Å². The summed E-state index contributed by atoms with van der Waals surface area (Å²) in [5.74, 6) is 0. The molecular weight excluding hydrogens is 258 g/mol. The van der Waals surface area contributed by atoms with Crippen LogP contribution >= 0.6 is 0 Å². The van der Waals surface area contributed by atoms with Gasteiger partial charge in [-0.05, 0) is 38.9 Å². The van der Waals surface area contributed by atoms with E-state index in [2.05, 4.69) is 33.9 Å². The van der Waals surface area contributed by atoms with Crippen LogP contribution in [0.4, 0.5) is 4.79 Å². The van der Waals surface area contributed by atoms with Crippen molar-refractivity contribution in [1.82, 2.24) is 4.90 Å². The van der Waals surface area contributed by atoms with E-state index in [9.17, 15) is 4.79 Å².